The van der Waals surface area contributed by atoms with E-state index in [9.17, 15) is 14.4 Å². The van der Waals surface area contributed by atoms with E-state index in [4.69, 9.17) is 14.2 Å². The van der Waals surface area contributed by atoms with Gasteiger partial charge in [0.1, 0.15) is 5.60 Å². The number of esters is 2. The van der Waals surface area contributed by atoms with Gasteiger partial charge in [0.05, 0.1) is 13.2 Å². The molecule has 0 radical (unpaired) electrons. The lowest BCUT2D eigenvalue weighted by Crippen LogP contribution is -2.61. The monoisotopic (exact) mass is 327 g/mol. The molecule has 0 saturated carbocycles. The Morgan fingerprint density at radius 1 is 1.09 bits per heavy atom. The molecule has 0 atom stereocenters. The van der Waals surface area contributed by atoms with Crippen molar-refractivity contribution < 1.29 is 28.6 Å². The lowest BCUT2D eigenvalue weighted by Gasteiger charge is -2.30. The molecule has 0 rings (SSSR count). The fourth-order valence-electron chi connectivity index (χ4n) is 1.61. The summed E-state index contributed by atoms with van der Waals surface area (Å²) in [7, 11) is 0. The molecule has 0 unspecified atom stereocenters. The Kier molecular flexibility index (Phi) is 8.11. The molecule has 0 aromatic rings. The second kappa shape index (κ2) is 9.00. The number of rotatable bonds is 7. The highest BCUT2D eigenvalue weighted by atomic mass is 16.6. The first kappa shape index (κ1) is 20.7. The van der Waals surface area contributed by atoms with Gasteiger partial charge in [-0.3, -0.25) is 5.32 Å². The van der Waals surface area contributed by atoms with Gasteiger partial charge in [-0.05, 0) is 40.7 Å². The van der Waals surface area contributed by atoms with Crippen molar-refractivity contribution in [3.05, 3.63) is 18.4 Å². The average Bonchev–Trinajstić information content (AvgIpc) is 2.41. The first-order chi connectivity index (χ1) is 10.6. The van der Waals surface area contributed by atoms with Crippen LogP contribution in [0.25, 0.3) is 0 Å². The second-order valence-electron chi connectivity index (χ2n) is 5.59. The molecule has 0 bridgehead atoms. The first-order valence-corrected chi connectivity index (χ1v) is 7.32. The van der Waals surface area contributed by atoms with E-state index in [1.807, 2.05) is 0 Å². The maximum absolute atomic E-state index is 12.3. The number of carbonyl (C=O) groups excluding carboxylic acids is 3. The molecule has 0 heterocycles. The van der Waals surface area contributed by atoms with Crippen LogP contribution in [0.3, 0.4) is 0 Å². The lowest BCUT2D eigenvalue weighted by molar-refractivity contribution is -0.166. The smallest absolute Gasteiger partial charge is 0.409 e. The average molecular weight is 327 g/mol. The van der Waals surface area contributed by atoms with Gasteiger partial charge in [-0.1, -0.05) is 6.58 Å². The van der Waals surface area contributed by atoms with E-state index in [1.54, 1.807) is 34.6 Å². The number of nitrogens with one attached hydrogen (secondary N) is 1. The van der Waals surface area contributed by atoms with Crippen LogP contribution in [0.15, 0.2) is 18.4 Å². The molecule has 0 aromatic carbocycles. The predicted octanol–water partition coefficient (Wildman–Crippen LogP) is 2.11. The molecule has 0 spiro atoms. The van der Waals surface area contributed by atoms with E-state index < -0.39 is 29.2 Å². The summed E-state index contributed by atoms with van der Waals surface area (Å²) < 4.78 is 15.0. The third-order valence-corrected chi connectivity index (χ3v) is 2.51. The van der Waals surface area contributed by atoms with Crippen LogP contribution in [-0.2, 0) is 23.8 Å². The summed E-state index contributed by atoms with van der Waals surface area (Å²) in [5, 5.41) is 2.28. The van der Waals surface area contributed by atoms with E-state index in [-0.39, 0.29) is 19.6 Å². The van der Waals surface area contributed by atoms with Gasteiger partial charge in [-0.15, -0.1) is 5.73 Å². The maximum Gasteiger partial charge on any atom is 0.409 e. The molecule has 130 valence electrons. The van der Waals surface area contributed by atoms with Crippen LogP contribution in [0.2, 0.25) is 0 Å². The summed E-state index contributed by atoms with van der Waals surface area (Å²) in [6.45, 7) is 11.6. The SMILES string of the molecule is C=C=CCC(NC(=O)OC(C)(C)C)(C(=O)OCC)C(=O)OCC. The second-order valence-corrected chi connectivity index (χ2v) is 5.59. The van der Waals surface area contributed by atoms with Gasteiger partial charge in [0.15, 0.2) is 0 Å². The van der Waals surface area contributed by atoms with Gasteiger partial charge in [-0.2, -0.15) is 0 Å². The van der Waals surface area contributed by atoms with Gasteiger partial charge < -0.3 is 14.2 Å². The van der Waals surface area contributed by atoms with Crippen LogP contribution < -0.4 is 5.32 Å². The van der Waals surface area contributed by atoms with Crippen molar-refractivity contribution in [2.45, 2.75) is 52.2 Å². The van der Waals surface area contributed by atoms with Crippen LogP contribution in [-0.4, -0.2) is 42.4 Å². The van der Waals surface area contributed by atoms with E-state index in [0.717, 1.165) is 0 Å². The molecule has 0 aliphatic rings. The Labute approximate surface area is 136 Å². The molecular weight excluding hydrogens is 302 g/mol. The van der Waals surface area contributed by atoms with Crippen LogP contribution in [0.1, 0.15) is 41.0 Å². The van der Waals surface area contributed by atoms with E-state index in [2.05, 4.69) is 17.6 Å². The zero-order valence-corrected chi connectivity index (χ0v) is 14.4. The minimum atomic E-state index is -2.04. The summed E-state index contributed by atoms with van der Waals surface area (Å²) >= 11 is 0. The Bertz CT molecular complexity index is 467. The Morgan fingerprint density at radius 2 is 1.57 bits per heavy atom. The van der Waals surface area contributed by atoms with Crippen LogP contribution in [0.5, 0.6) is 0 Å². The number of hydrogen-bond acceptors (Lipinski definition) is 6. The molecule has 1 amide bonds. The number of ether oxygens (including phenoxy) is 3. The summed E-state index contributed by atoms with van der Waals surface area (Å²) in [5.74, 6) is -1.87. The van der Waals surface area contributed by atoms with Crippen LogP contribution in [0, 0.1) is 0 Å². The quantitative estimate of drug-likeness (QED) is 0.333. The Morgan fingerprint density at radius 3 is 1.91 bits per heavy atom. The summed E-state index contributed by atoms with van der Waals surface area (Å²) in [6.07, 6.45) is 0.189. The zero-order chi connectivity index (χ0) is 18.1. The number of carbonyl (C=O) groups is 3. The summed E-state index contributed by atoms with van der Waals surface area (Å²) in [6, 6.07) is 0. The van der Waals surface area contributed by atoms with E-state index >= 15 is 0 Å². The van der Waals surface area contributed by atoms with Gasteiger partial charge >= 0.3 is 18.0 Å². The molecule has 0 aromatic heterocycles. The fourth-order valence-corrected chi connectivity index (χ4v) is 1.61. The van der Waals surface area contributed by atoms with Crippen LogP contribution >= 0.6 is 0 Å². The fraction of sp³-hybridized carbons (Fsp3) is 0.625. The topological polar surface area (TPSA) is 90.9 Å². The number of hydrogen-bond donors (Lipinski definition) is 1. The van der Waals surface area contributed by atoms with Gasteiger partial charge in [0, 0.05) is 6.42 Å². The van der Waals surface area contributed by atoms with Crippen molar-refractivity contribution in [1.29, 1.82) is 0 Å². The number of alkyl carbamates (subject to hydrolysis) is 1. The molecular formula is C16H25NO6. The molecule has 0 aliphatic heterocycles. The molecule has 1 N–H and O–H groups in total. The van der Waals surface area contributed by atoms with Crippen molar-refractivity contribution in [2.75, 3.05) is 13.2 Å². The van der Waals surface area contributed by atoms with E-state index in [0.29, 0.717) is 0 Å². The van der Waals surface area contributed by atoms with E-state index in [1.165, 1.54) is 6.08 Å². The largest absolute Gasteiger partial charge is 0.464 e. The third-order valence-electron chi connectivity index (χ3n) is 2.51. The predicted molar refractivity (Wildman–Crippen MR) is 83.7 cm³/mol. The molecule has 0 aliphatic carbocycles. The van der Waals surface area contributed by atoms with Gasteiger partial charge in [0.25, 0.3) is 0 Å². The molecule has 0 fully saturated rings. The first-order valence-electron chi connectivity index (χ1n) is 7.32. The van der Waals surface area contributed by atoms with Crippen molar-refractivity contribution in [3.63, 3.8) is 0 Å². The van der Waals surface area contributed by atoms with Crippen molar-refractivity contribution >= 4 is 18.0 Å². The highest BCUT2D eigenvalue weighted by Gasteiger charge is 2.50. The standard InChI is InChI=1S/C16H25NO6/c1-7-10-11-16(12(18)21-8-2,13(19)22-9-3)17-14(20)23-15(4,5)6/h10H,1,8-9,11H2,2-6H3,(H,17,20). The highest BCUT2D eigenvalue weighted by Crippen LogP contribution is 2.18. The van der Waals surface area contributed by atoms with Crippen LogP contribution in [0.4, 0.5) is 4.79 Å². The lowest BCUT2D eigenvalue weighted by atomic mass is 9.95. The minimum Gasteiger partial charge on any atom is -0.464 e. The zero-order valence-electron chi connectivity index (χ0n) is 14.4. The van der Waals surface area contributed by atoms with Gasteiger partial charge in [0.2, 0.25) is 5.54 Å². The Balaban J connectivity index is 5.68. The maximum atomic E-state index is 12.3. The van der Waals surface area contributed by atoms with Crippen molar-refractivity contribution in [3.8, 4) is 0 Å². The highest BCUT2D eigenvalue weighted by molar-refractivity contribution is 6.07. The summed E-state index contributed by atoms with van der Waals surface area (Å²) in [4.78, 5) is 36.7. The minimum absolute atomic E-state index is 0.0355. The van der Waals surface area contributed by atoms with Crippen molar-refractivity contribution in [2.24, 2.45) is 0 Å². The molecule has 23 heavy (non-hydrogen) atoms. The number of amides is 1. The molecule has 0 saturated heterocycles. The normalized spacial score (nSPS) is 11.0. The third kappa shape index (κ3) is 6.57. The van der Waals surface area contributed by atoms with Gasteiger partial charge in [-0.25, -0.2) is 14.4 Å². The Hall–Kier alpha value is -2.27. The van der Waals surface area contributed by atoms with Crippen molar-refractivity contribution in [1.82, 2.24) is 5.32 Å². The molecule has 7 nitrogen and oxygen atoms in total. The molecule has 7 heteroatoms. The summed E-state index contributed by atoms with van der Waals surface area (Å²) in [5.41, 5.74) is -0.385.